The van der Waals surface area contributed by atoms with Crippen LogP contribution >= 0.6 is 15.9 Å². The first-order valence-corrected chi connectivity index (χ1v) is 5.53. The van der Waals surface area contributed by atoms with Crippen molar-refractivity contribution in [2.24, 2.45) is 0 Å². The van der Waals surface area contributed by atoms with Crippen LogP contribution in [-0.2, 0) is 4.74 Å². The molecular formula is C10H14BrFN2O2. The van der Waals surface area contributed by atoms with Crippen LogP contribution in [0.25, 0.3) is 0 Å². The summed E-state index contributed by atoms with van der Waals surface area (Å²) < 4.78 is 18.9. The van der Waals surface area contributed by atoms with Gasteiger partial charge in [0.05, 0.1) is 12.7 Å². The number of halogens is 2. The molecule has 0 aliphatic rings. The second-order valence-corrected chi connectivity index (χ2v) is 4.36. The molecule has 6 heteroatoms. The lowest BCUT2D eigenvalue weighted by Crippen LogP contribution is -2.32. The number of methoxy groups -OCH3 is 1. The maximum atomic E-state index is 13.5. The van der Waals surface area contributed by atoms with E-state index >= 15 is 0 Å². The summed E-state index contributed by atoms with van der Waals surface area (Å²) in [5.74, 6) is -0.222. The van der Waals surface area contributed by atoms with Crippen LogP contribution in [0.4, 0.5) is 10.2 Å². The van der Waals surface area contributed by atoms with Gasteiger partial charge in [0.2, 0.25) is 0 Å². The largest absolute Gasteiger partial charge is 0.389 e. The predicted molar refractivity (Wildman–Crippen MR) is 63.0 cm³/mol. The van der Waals surface area contributed by atoms with Gasteiger partial charge in [-0.15, -0.1) is 0 Å². The number of ether oxygens (including phenoxy) is 1. The number of hydrogen-bond acceptors (Lipinski definition) is 4. The molecule has 16 heavy (non-hydrogen) atoms. The van der Waals surface area contributed by atoms with Crippen molar-refractivity contribution >= 4 is 21.7 Å². The molecule has 1 heterocycles. The van der Waals surface area contributed by atoms with E-state index in [1.165, 1.54) is 19.4 Å². The zero-order chi connectivity index (χ0) is 12.1. The number of likely N-dealkylation sites (N-methyl/N-ethyl adjacent to an activating group) is 1. The van der Waals surface area contributed by atoms with Crippen LogP contribution in [0.1, 0.15) is 0 Å². The molecule has 0 radical (unpaired) electrons. The highest BCUT2D eigenvalue weighted by Gasteiger charge is 2.13. The lowest BCUT2D eigenvalue weighted by atomic mass is 10.3. The Hall–Kier alpha value is -0.720. The van der Waals surface area contributed by atoms with Crippen LogP contribution < -0.4 is 4.90 Å². The van der Waals surface area contributed by atoms with E-state index in [0.29, 0.717) is 4.47 Å². The topological polar surface area (TPSA) is 45.6 Å². The fourth-order valence-electron chi connectivity index (χ4n) is 1.34. The van der Waals surface area contributed by atoms with E-state index in [0.717, 1.165) is 0 Å². The molecule has 0 aliphatic carbocycles. The zero-order valence-electron chi connectivity index (χ0n) is 9.15. The van der Waals surface area contributed by atoms with Gasteiger partial charge in [-0.25, -0.2) is 9.37 Å². The molecule has 0 saturated carbocycles. The summed E-state index contributed by atoms with van der Waals surface area (Å²) >= 11 is 3.13. The van der Waals surface area contributed by atoms with Gasteiger partial charge in [-0.05, 0) is 22.0 Å². The molecule has 1 N–H and O–H groups in total. The van der Waals surface area contributed by atoms with E-state index in [-0.39, 0.29) is 19.0 Å². The van der Waals surface area contributed by atoms with E-state index in [4.69, 9.17) is 4.74 Å². The molecular weight excluding hydrogens is 279 g/mol. The minimum atomic E-state index is -0.667. The summed E-state index contributed by atoms with van der Waals surface area (Å²) in [6.07, 6.45) is 0.845. The van der Waals surface area contributed by atoms with Crippen LogP contribution in [0.3, 0.4) is 0 Å². The molecule has 0 spiro atoms. The lowest BCUT2D eigenvalue weighted by Gasteiger charge is -2.21. The smallest absolute Gasteiger partial charge is 0.166 e. The SMILES string of the molecule is COCC(O)CN(C)c1ncc(Br)cc1F. The normalized spacial score (nSPS) is 12.6. The van der Waals surface area contributed by atoms with Gasteiger partial charge in [0.15, 0.2) is 11.6 Å². The van der Waals surface area contributed by atoms with Gasteiger partial charge < -0.3 is 14.7 Å². The third-order valence-electron chi connectivity index (χ3n) is 1.99. The second-order valence-electron chi connectivity index (χ2n) is 3.45. The summed E-state index contributed by atoms with van der Waals surface area (Å²) in [5, 5.41) is 9.50. The first kappa shape index (κ1) is 13.3. The molecule has 0 amide bonds. The Balaban J connectivity index is 2.69. The predicted octanol–water partition coefficient (Wildman–Crippen LogP) is 1.43. The molecule has 1 aromatic rings. The van der Waals surface area contributed by atoms with Gasteiger partial charge in [-0.1, -0.05) is 0 Å². The number of nitrogens with zero attached hydrogens (tertiary/aromatic N) is 2. The summed E-state index contributed by atoms with van der Waals surface area (Å²) in [7, 11) is 3.17. The standard InChI is InChI=1S/C10H14BrFN2O2/c1-14(5-8(15)6-16-2)10-9(12)3-7(11)4-13-10/h3-4,8,15H,5-6H2,1-2H3. The van der Waals surface area contributed by atoms with E-state index in [1.54, 1.807) is 11.9 Å². The maximum Gasteiger partial charge on any atom is 0.166 e. The Kier molecular flexibility index (Phi) is 5.11. The molecule has 1 aromatic heterocycles. The van der Waals surface area contributed by atoms with E-state index in [9.17, 15) is 9.50 Å². The fraction of sp³-hybridized carbons (Fsp3) is 0.500. The molecule has 0 aliphatic heterocycles. The van der Waals surface area contributed by atoms with Gasteiger partial charge in [0.25, 0.3) is 0 Å². The monoisotopic (exact) mass is 292 g/mol. The Morgan fingerprint density at radius 3 is 2.94 bits per heavy atom. The second kappa shape index (κ2) is 6.12. The fourth-order valence-corrected chi connectivity index (χ4v) is 1.64. The third-order valence-corrected chi connectivity index (χ3v) is 2.43. The number of aliphatic hydroxyl groups excluding tert-OH is 1. The Bertz CT molecular complexity index is 352. The van der Waals surface area contributed by atoms with Crippen molar-refractivity contribution in [2.45, 2.75) is 6.10 Å². The number of hydrogen-bond donors (Lipinski definition) is 1. The molecule has 0 aromatic carbocycles. The quantitative estimate of drug-likeness (QED) is 0.892. The number of rotatable bonds is 5. The summed E-state index contributed by atoms with van der Waals surface area (Å²) in [6, 6.07) is 1.33. The molecule has 4 nitrogen and oxygen atoms in total. The van der Waals surface area contributed by atoms with Gasteiger partial charge in [0, 0.05) is 31.4 Å². The zero-order valence-corrected chi connectivity index (χ0v) is 10.7. The highest BCUT2D eigenvalue weighted by molar-refractivity contribution is 9.10. The lowest BCUT2D eigenvalue weighted by molar-refractivity contribution is 0.0693. The van der Waals surface area contributed by atoms with Crippen molar-refractivity contribution in [3.05, 3.63) is 22.6 Å². The highest BCUT2D eigenvalue weighted by Crippen LogP contribution is 2.18. The third kappa shape index (κ3) is 3.70. The van der Waals surface area contributed by atoms with Crippen molar-refractivity contribution in [3.8, 4) is 0 Å². The van der Waals surface area contributed by atoms with Crippen LogP contribution in [0.15, 0.2) is 16.7 Å². The maximum absolute atomic E-state index is 13.5. The Labute approximate surface area is 102 Å². The van der Waals surface area contributed by atoms with E-state index < -0.39 is 11.9 Å². The van der Waals surface area contributed by atoms with Gasteiger partial charge in [-0.2, -0.15) is 0 Å². The highest BCUT2D eigenvalue weighted by atomic mass is 79.9. The minimum absolute atomic E-state index is 0.207. The summed E-state index contributed by atoms with van der Waals surface area (Å²) in [5.41, 5.74) is 0. The average Bonchev–Trinajstić information content (AvgIpc) is 2.17. The van der Waals surface area contributed by atoms with E-state index in [1.807, 2.05) is 0 Å². The van der Waals surface area contributed by atoms with Crippen molar-refractivity contribution in [3.63, 3.8) is 0 Å². The number of anilines is 1. The molecule has 90 valence electrons. The van der Waals surface area contributed by atoms with Crippen LogP contribution in [0.5, 0.6) is 0 Å². The van der Waals surface area contributed by atoms with Crippen molar-refractivity contribution in [2.75, 3.05) is 32.2 Å². The number of pyridine rings is 1. The van der Waals surface area contributed by atoms with Crippen LogP contribution in [0, 0.1) is 5.82 Å². The molecule has 0 fully saturated rings. The summed E-state index contributed by atoms with van der Waals surface area (Å²) in [4.78, 5) is 5.49. The van der Waals surface area contributed by atoms with Crippen LogP contribution in [-0.4, -0.2) is 43.5 Å². The first-order chi connectivity index (χ1) is 7.54. The average molecular weight is 293 g/mol. The Morgan fingerprint density at radius 1 is 1.69 bits per heavy atom. The van der Waals surface area contributed by atoms with Crippen molar-refractivity contribution in [1.82, 2.24) is 4.98 Å². The molecule has 0 bridgehead atoms. The molecule has 1 atom stereocenters. The van der Waals surface area contributed by atoms with Gasteiger partial charge >= 0.3 is 0 Å². The minimum Gasteiger partial charge on any atom is -0.389 e. The number of aliphatic hydroxyl groups is 1. The van der Waals surface area contributed by atoms with Gasteiger partial charge in [0.1, 0.15) is 0 Å². The molecule has 0 saturated heterocycles. The first-order valence-electron chi connectivity index (χ1n) is 4.73. The van der Waals surface area contributed by atoms with Gasteiger partial charge in [-0.3, -0.25) is 0 Å². The van der Waals surface area contributed by atoms with Crippen molar-refractivity contribution in [1.29, 1.82) is 0 Å². The van der Waals surface area contributed by atoms with E-state index in [2.05, 4.69) is 20.9 Å². The molecule has 1 rings (SSSR count). The summed E-state index contributed by atoms with van der Waals surface area (Å²) in [6.45, 7) is 0.474. The number of aromatic nitrogens is 1. The Morgan fingerprint density at radius 2 is 2.38 bits per heavy atom. The molecule has 1 unspecified atom stereocenters. The van der Waals surface area contributed by atoms with Crippen molar-refractivity contribution < 1.29 is 14.2 Å². The van der Waals surface area contributed by atoms with Crippen LogP contribution in [0.2, 0.25) is 0 Å².